The summed E-state index contributed by atoms with van der Waals surface area (Å²) in [5.41, 5.74) is 3.31. The van der Waals surface area contributed by atoms with Crippen LogP contribution in [0.1, 0.15) is 24.5 Å². The lowest BCUT2D eigenvalue weighted by atomic mass is 10.1. The number of nitrogens with one attached hydrogen (secondary N) is 1. The van der Waals surface area contributed by atoms with E-state index in [1.807, 2.05) is 31.0 Å². The predicted molar refractivity (Wildman–Crippen MR) is 102 cm³/mol. The van der Waals surface area contributed by atoms with Gasteiger partial charge in [0.15, 0.2) is 10.8 Å². The van der Waals surface area contributed by atoms with E-state index in [0.717, 1.165) is 33.9 Å². The number of carbonyl (C=O) groups is 1. The zero-order valence-corrected chi connectivity index (χ0v) is 15.8. The molecule has 1 aliphatic rings. The number of aromatic hydroxyl groups is 1. The lowest BCUT2D eigenvalue weighted by Crippen LogP contribution is -2.29. The van der Waals surface area contributed by atoms with Crippen LogP contribution in [0.25, 0.3) is 16.0 Å². The lowest BCUT2D eigenvalue weighted by Gasteiger charge is -2.14. The highest BCUT2D eigenvalue weighted by molar-refractivity contribution is 7.22. The van der Waals surface area contributed by atoms with Crippen molar-refractivity contribution in [2.24, 2.45) is 0 Å². The van der Waals surface area contributed by atoms with Crippen LogP contribution in [0.5, 0.6) is 5.75 Å². The fourth-order valence-electron chi connectivity index (χ4n) is 3.47. The normalized spacial score (nSPS) is 17.2. The Bertz CT molecular complexity index is 938. The topological polar surface area (TPSA) is 83.3 Å². The second-order valence-corrected chi connectivity index (χ2v) is 7.86. The van der Waals surface area contributed by atoms with Gasteiger partial charge in [-0.3, -0.25) is 4.79 Å². The molecule has 0 radical (unpaired) electrons. The first-order valence-corrected chi connectivity index (χ1v) is 9.41. The van der Waals surface area contributed by atoms with Crippen LogP contribution < -0.4 is 5.32 Å². The third kappa shape index (κ3) is 3.01. The molecule has 8 heteroatoms. The van der Waals surface area contributed by atoms with Crippen LogP contribution >= 0.6 is 11.3 Å². The summed E-state index contributed by atoms with van der Waals surface area (Å²) in [7, 11) is 0. The van der Waals surface area contributed by atoms with Gasteiger partial charge in [0, 0.05) is 26.1 Å². The van der Waals surface area contributed by atoms with E-state index in [4.69, 9.17) is 0 Å². The number of anilines is 1. The van der Waals surface area contributed by atoms with Gasteiger partial charge in [-0.1, -0.05) is 17.4 Å². The van der Waals surface area contributed by atoms with E-state index in [0.29, 0.717) is 17.9 Å². The molecule has 1 aliphatic heterocycles. The van der Waals surface area contributed by atoms with E-state index < -0.39 is 0 Å². The number of aryl methyl sites for hydroxylation is 2. The minimum Gasteiger partial charge on any atom is -0.506 e. The number of aromatic nitrogens is 3. The van der Waals surface area contributed by atoms with Gasteiger partial charge in [-0.15, -0.1) is 5.10 Å². The number of benzene rings is 1. The Morgan fingerprint density at radius 2 is 2.19 bits per heavy atom. The minimum atomic E-state index is 0.114. The molecule has 0 aliphatic carbocycles. The molecule has 1 atom stereocenters. The molecular formula is C18H21N5O2S. The van der Waals surface area contributed by atoms with Crippen molar-refractivity contribution in [1.82, 2.24) is 19.7 Å². The number of nitrogens with zero attached hydrogens (tertiary/aromatic N) is 4. The smallest absolute Gasteiger partial charge is 0.219 e. The van der Waals surface area contributed by atoms with Crippen molar-refractivity contribution in [2.45, 2.75) is 33.2 Å². The molecule has 1 aromatic carbocycles. The van der Waals surface area contributed by atoms with Crippen molar-refractivity contribution >= 4 is 32.7 Å². The molecule has 0 bridgehead atoms. The first kappa shape index (κ1) is 16.8. The standard InChI is InChI=1S/C18H21N5O2S/c1-10-6-11(2)16(14(25)7-10)23-9-15-17(21-23)20-18(26-15)19-13-4-5-22(8-13)12(3)24/h6-7,9,13,25H,4-5,8H2,1-3H3,(H,19,20,21). The second kappa shape index (κ2) is 6.28. The summed E-state index contributed by atoms with van der Waals surface area (Å²) in [6.45, 7) is 7.01. The Morgan fingerprint density at radius 3 is 2.85 bits per heavy atom. The zero-order chi connectivity index (χ0) is 18.4. The Balaban J connectivity index is 1.56. The van der Waals surface area contributed by atoms with Crippen molar-refractivity contribution in [1.29, 1.82) is 0 Å². The summed E-state index contributed by atoms with van der Waals surface area (Å²) in [6.07, 6.45) is 2.82. The van der Waals surface area contributed by atoms with Gasteiger partial charge in [-0.25, -0.2) is 4.68 Å². The Labute approximate surface area is 155 Å². The van der Waals surface area contributed by atoms with Crippen molar-refractivity contribution in [3.05, 3.63) is 29.5 Å². The molecule has 1 unspecified atom stereocenters. The molecule has 136 valence electrons. The number of fused-ring (bicyclic) bond motifs is 1. The first-order valence-electron chi connectivity index (χ1n) is 8.59. The van der Waals surface area contributed by atoms with Gasteiger partial charge < -0.3 is 15.3 Å². The molecule has 0 saturated carbocycles. The molecule has 1 fully saturated rings. The molecule has 2 aromatic heterocycles. The van der Waals surface area contributed by atoms with Crippen LogP contribution in [-0.4, -0.2) is 49.8 Å². The quantitative estimate of drug-likeness (QED) is 0.740. The molecule has 1 saturated heterocycles. The highest BCUT2D eigenvalue weighted by atomic mass is 32.1. The van der Waals surface area contributed by atoms with E-state index in [2.05, 4.69) is 15.4 Å². The maximum Gasteiger partial charge on any atom is 0.219 e. The maximum atomic E-state index is 11.4. The predicted octanol–water partition coefficient (Wildman–Crippen LogP) is 2.84. The Kier molecular flexibility index (Phi) is 4.07. The summed E-state index contributed by atoms with van der Waals surface area (Å²) >= 11 is 1.53. The number of likely N-dealkylation sites (tertiary alicyclic amines) is 1. The number of hydrogen-bond acceptors (Lipinski definition) is 6. The van der Waals surface area contributed by atoms with E-state index in [-0.39, 0.29) is 17.7 Å². The number of thiazole rings is 1. The van der Waals surface area contributed by atoms with E-state index in [1.165, 1.54) is 11.3 Å². The van der Waals surface area contributed by atoms with E-state index in [9.17, 15) is 9.90 Å². The number of phenols is 1. The molecule has 3 heterocycles. The fraction of sp³-hybridized carbons (Fsp3) is 0.389. The first-order chi connectivity index (χ1) is 12.4. The third-order valence-electron chi connectivity index (χ3n) is 4.69. The van der Waals surface area contributed by atoms with Gasteiger partial charge in [-0.2, -0.15) is 4.98 Å². The minimum absolute atomic E-state index is 0.114. The van der Waals surface area contributed by atoms with Gasteiger partial charge in [-0.05, 0) is 37.5 Å². The van der Waals surface area contributed by atoms with Crippen LogP contribution in [0.2, 0.25) is 0 Å². The van der Waals surface area contributed by atoms with E-state index >= 15 is 0 Å². The highest BCUT2D eigenvalue weighted by Gasteiger charge is 2.25. The van der Waals surface area contributed by atoms with Gasteiger partial charge in [0.05, 0.1) is 10.9 Å². The molecule has 3 aromatic rings. The van der Waals surface area contributed by atoms with Crippen molar-refractivity contribution in [3.8, 4) is 11.4 Å². The van der Waals surface area contributed by atoms with Crippen molar-refractivity contribution in [2.75, 3.05) is 18.4 Å². The molecular weight excluding hydrogens is 350 g/mol. The largest absolute Gasteiger partial charge is 0.506 e. The number of hydrogen-bond donors (Lipinski definition) is 2. The summed E-state index contributed by atoms with van der Waals surface area (Å²) in [6, 6.07) is 3.98. The summed E-state index contributed by atoms with van der Waals surface area (Å²) in [5.74, 6) is 0.328. The van der Waals surface area contributed by atoms with Crippen molar-refractivity contribution in [3.63, 3.8) is 0 Å². The highest BCUT2D eigenvalue weighted by Crippen LogP contribution is 2.31. The third-order valence-corrected chi connectivity index (χ3v) is 5.60. The second-order valence-electron chi connectivity index (χ2n) is 6.83. The average Bonchev–Trinajstić information content (AvgIpc) is 3.21. The van der Waals surface area contributed by atoms with E-state index in [1.54, 1.807) is 17.7 Å². The fourth-order valence-corrected chi connectivity index (χ4v) is 4.37. The maximum absolute atomic E-state index is 11.4. The SMILES string of the molecule is CC(=O)N1CCC(Nc2nc3nn(-c4c(C)cc(C)cc4O)cc3s2)C1. The number of phenolic OH excluding ortho intramolecular Hbond substituents is 1. The molecule has 1 amide bonds. The molecule has 7 nitrogen and oxygen atoms in total. The average molecular weight is 371 g/mol. The summed E-state index contributed by atoms with van der Waals surface area (Å²) in [5, 5.41) is 19.0. The molecule has 4 rings (SSSR count). The van der Waals surface area contributed by atoms with Crippen LogP contribution in [0.3, 0.4) is 0 Å². The number of amides is 1. The lowest BCUT2D eigenvalue weighted by molar-refractivity contribution is -0.127. The summed E-state index contributed by atoms with van der Waals surface area (Å²) < 4.78 is 2.64. The number of carbonyl (C=O) groups excluding carboxylic acids is 1. The van der Waals surface area contributed by atoms with Crippen LogP contribution in [-0.2, 0) is 4.79 Å². The molecule has 0 spiro atoms. The van der Waals surface area contributed by atoms with Crippen LogP contribution in [0, 0.1) is 13.8 Å². The van der Waals surface area contributed by atoms with Gasteiger partial charge in [0.2, 0.25) is 5.91 Å². The van der Waals surface area contributed by atoms with Gasteiger partial charge in [0.1, 0.15) is 11.4 Å². The van der Waals surface area contributed by atoms with Crippen molar-refractivity contribution < 1.29 is 9.90 Å². The van der Waals surface area contributed by atoms with Gasteiger partial charge in [0.25, 0.3) is 0 Å². The van der Waals surface area contributed by atoms with Gasteiger partial charge >= 0.3 is 0 Å². The van der Waals surface area contributed by atoms with Crippen LogP contribution in [0.15, 0.2) is 18.3 Å². The molecule has 2 N–H and O–H groups in total. The Hall–Kier alpha value is -2.61. The Morgan fingerprint density at radius 1 is 1.38 bits per heavy atom. The monoisotopic (exact) mass is 371 g/mol. The zero-order valence-electron chi connectivity index (χ0n) is 15.0. The number of rotatable bonds is 3. The summed E-state index contributed by atoms with van der Waals surface area (Å²) in [4.78, 5) is 17.9. The molecule has 26 heavy (non-hydrogen) atoms. The van der Waals surface area contributed by atoms with Crippen LogP contribution in [0.4, 0.5) is 5.13 Å².